The molecule has 2 aromatic rings. The smallest absolute Gasteiger partial charge is 0.326 e. The first-order chi connectivity index (χ1) is 30.6. The SMILES string of the molecule is O=C(O)CC[C@H](NC(=O)N[C@@H](CCCCNC(=O)C1CC(N(Cc2nccn2CC(=O)N(CC(=O)O)CC(=O)O)Cc2nccn2CC(=O)N(CC(=O)O)CC(=O)O)C1)C(=O)O)C(=O)O. The summed E-state index contributed by atoms with van der Waals surface area (Å²) in [6.07, 6.45) is 5.54. The Hall–Kier alpha value is -7.65. The summed E-state index contributed by atoms with van der Waals surface area (Å²) in [4.78, 5) is 143. The Morgan fingerprint density at radius 1 is 0.615 bits per heavy atom. The van der Waals surface area contributed by atoms with Gasteiger partial charge in [-0.2, -0.15) is 0 Å². The zero-order chi connectivity index (χ0) is 48.4. The highest BCUT2D eigenvalue weighted by Crippen LogP contribution is 2.34. The Bertz CT molecular complexity index is 1960. The van der Waals surface area contributed by atoms with Crippen LogP contribution in [0.1, 0.15) is 56.6 Å². The maximum Gasteiger partial charge on any atom is 0.326 e. The van der Waals surface area contributed by atoms with Crippen molar-refractivity contribution >= 4 is 65.5 Å². The van der Waals surface area contributed by atoms with Crippen molar-refractivity contribution in [2.75, 3.05) is 32.7 Å². The van der Waals surface area contributed by atoms with Crippen molar-refractivity contribution in [3.63, 3.8) is 0 Å². The number of nitrogens with zero attached hydrogens (tertiary/aromatic N) is 7. The van der Waals surface area contributed by atoms with Crippen LogP contribution in [0.15, 0.2) is 24.8 Å². The van der Waals surface area contributed by atoms with Crippen LogP contribution in [0.5, 0.6) is 0 Å². The van der Waals surface area contributed by atoms with Crippen LogP contribution < -0.4 is 16.0 Å². The van der Waals surface area contributed by atoms with Crippen molar-refractivity contribution in [1.29, 1.82) is 0 Å². The molecule has 3 rings (SSSR count). The molecule has 0 aliphatic heterocycles. The Labute approximate surface area is 367 Å². The third-order valence-corrected chi connectivity index (χ3v) is 9.99. The normalized spacial score (nSPS) is 15.1. The molecule has 65 heavy (non-hydrogen) atoms. The van der Waals surface area contributed by atoms with Gasteiger partial charge in [-0.3, -0.25) is 43.3 Å². The lowest BCUT2D eigenvalue weighted by molar-refractivity contribution is -0.150. The van der Waals surface area contributed by atoms with Crippen LogP contribution in [0.2, 0.25) is 0 Å². The molecule has 1 aliphatic carbocycles. The first kappa shape index (κ1) is 51.7. The van der Waals surface area contributed by atoms with E-state index in [-0.39, 0.29) is 75.3 Å². The molecule has 1 saturated carbocycles. The second kappa shape index (κ2) is 24.8. The van der Waals surface area contributed by atoms with Gasteiger partial charge in [0.15, 0.2) is 0 Å². The standard InChI is InChI=1S/C37H50N10O18/c48-27(46(17-30(52)53)18-31(54)55)15-43-9-7-38-25(43)13-45(14-26-39-8-10-44(26)16-28(49)47(19-32(56)57)20-33(58)59)22-11-21(12-22)34(60)40-6-2-1-3-23(35(61)62)41-37(65)42-24(36(63)64)4-5-29(50)51/h7-10,21-24H,1-6,11-20H2,(H,40,60)(H,50,51)(H,52,53)(H,54,55)(H,56,57)(H,58,59)(H,61,62)(H,63,64)(H2,41,42,65)/t21?,22?,23-,24-/m0/s1. The van der Waals surface area contributed by atoms with Crippen LogP contribution in [-0.4, -0.2) is 186 Å². The second-order valence-corrected chi connectivity index (χ2v) is 14.9. The second-order valence-electron chi connectivity index (χ2n) is 14.9. The summed E-state index contributed by atoms with van der Waals surface area (Å²) in [5, 5.41) is 71.4. The molecule has 28 nitrogen and oxygen atoms in total. The minimum absolute atomic E-state index is 0.0157. The number of amides is 5. The lowest BCUT2D eigenvalue weighted by atomic mass is 9.78. The number of rotatable bonds is 30. The maximum absolute atomic E-state index is 13.2. The summed E-state index contributed by atoms with van der Waals surface area (Å²) >= 11 is 0. The fourth-order valence-electron chi connectivity index (χ4n) is 6.63. The molecule has 2 atom stereocenters. The zero-order valence-corrected chi connectivity index (χ0v) is 34.7. The maximum atomic E-state index is 13.2. The quantitative estimate of drug-likeness (QED) is 0.0354. The first-order valence-electron chi connectivity index (χ1n) is 19.8. The van der Waals surface area contributed by atoms with Gasteiger partial charge < -0.3 is 70.6 Å². The van der Waals surface area contributed by atoms with E-state index < -0.39 is 130 Å². The Morgan fingerprint density at radius 2 is 1.05 bits per heavy atom. The number of hydrogen-bond acceptors (Lipinski definition) is 14. The highest BCUT2D eigenvalue weighted by molar-refractivity contribution is 5.87. The third kappa shape index (κ3) is 17.6. The van der Waals surface area contributed by atoms with Gasteiger partial charge in [0.25, 0.3) is 0 Å². The predicted molar refractivity (Wildman–Crippen MR) is 212 cm³/mol. The fourth-order valence-corrected chi connectivity index (χ4v) is 6.63. The van der Waals surface area contributed by atoms with E-state index in [9.17, 15) is 83.4 Å². The summed E-state index contributed by atoms with van der Waals surface area (Å²) in [5.41, 5.74) is 0. The minimum atomic E-state index is -1.57. The number of unbranched alkanes of at least 4 members (excludes halogenated alkanes) is 1. The third-order valence-electron chi connectivity index (χ3n) is 9.99. The number of nitrogens with one attached hydrogen (secondary N) is 3. The van der Waals surface area contributed by atoms with Crippen LogP contribution in [-0.2, 0) is 74.1 Å². The van der Waals surface area contributed by atoms with Gasteiger partial charge in [-0.1, -0.05) is 0 Å². The Morgan fingerprint density at radius 3 is 1.45 bits per heavy atom. The van der Waals surface area contributed by atoms with Crippen LogP contribution in [0, 0.1) is 5.92 Å². The van der Waals surface area contributed by atoms with Crippen LogP contribution >= 0.6 is 0 Å². The summed E-state index contributed by atoms with van der Waals surface area (Å²) in [7, 11) is 0. The van der Waals surface area contributed by atoms with E-state index in [0.29, 0.717) is 9.80 Å². The van der Waals surface area contributed by atoms with Crippen molar-refractivity contribution in [3.05, 3.63) is 36.4 Å². The summed E-state index contributed by atoms with van der Waals surface area (Å²) < 4.78 is 2.76. The average Bonchev–Trinajstić information content (AvgIpc) is 3.81. The van der Waals surface area contributed by atoms with Crippen molar-refractivity contribution < 1.29 is 88.5 Å². The first-order valence-corrected chi connectivity index (χ1v) is 19.8. The molecule has 2 aromatic heterocycles. The zero-order valence-electron chi connectivity index (χ0n) is 34.7. The van der Waals surface area contributed by atoms with Gasteiger partial charge >= 0.3 is 47.8 Å². The lowest BCUT2D eigenvalue weighted by Gasteiger charge is -2.42. The van der Waals surface area contributed by atoms with Crippen LogP contribution in [0.25, 0.3) is 0 Å². The van der Waals surface area contributed by atoms with E-state index in [0.717, 1.165) is 0 Å². The monoisotopic (exact) mass is 922 g/mol. The predicted octanol–water partition coefficient (Wildman–Crippen LogP) is -2.79. The van der Waals surface area contributed by atoms with Gasteiger partial charge in [0.05, 0.1) is 13.1 Å². The topological polar surface area (TPSA) is 411 Å². The van der Waals surface area contributed by atoms with E-state index >= 15 is 0 Å². The van der Waals surface area contributed by atoms with E-state index in [4.69, 9.17) is 5.11 Å². The molecule has 5 amide bonds. The van der Waals surface area contributed by atoms with E-state index in [1.807, 2.05) is 10.2 Å². The lowest BCUT2D eigenvalue weighted by Crippen LogP contribution is -2.51. The minimum Gasteiger partial charge on any atom is -0.481 e. The molecule has 1 fully saturated rings. The molecule has 2 heterocycles. The van der Waals surface area contributed by atoms with E-state index in [1.54, 1.807) is 0 Å². The van der Waals surface area contributed by atoms with Gasteiger partial charge in [-0.25, -0.2) is 24.4 Å². The fraction of sp³-hybridized carbons (Fsp3) is 0.541. The Balaban J connectivity index is 1.68. The van der Waals surface area contributed by atoms with Gasteiger partial charge in [0.2, 0.25) is 17.7 Å². The largest absolute Gasteiger partial charge is 0.481 e. The molecular weight excluding hydrogens is 872 g/mol. The van der Waals surface area contributed by atoms with Crippen molar-refractivity contribution in [1.82, 2.24) is 49.8 Å². The number of carbonyl (C=O) groups is 11. The Kier molecular flexibility index (Phi) is 19.8. The highest BCUT2D eigenvalue weighted by Gasteiger charge is 2.39. The van der Waals surface area contributed by atoms with Gasteiger partial charge in [0, 0.05) is 49.7 Å². The summed E-state index contributed by atoms with van der Waals surface area (Å²) in [6.45, 7) is -4.38. The number of aliphatic carboxylic acids is 7. The molecule has 356 valence electrons. The van der Waals surface area contributed by atoms with Crippen molar-refractivity contribution in [2.45, 2.75) is 89.3 Å². The van der Waals surface area contributed by atoms with Crippen LogP contribution in [0.4, 0.5) is 4.79 Å². The molecule has 0 radical (unpaired) electrons. The van der Waals surface area contributed by atoms with Crippen molar-refractivity contribution in [3.8, 4) is 0 Å². The number of hydrogen-bond donors (Lipinski definition) is 10. The number of carboxylic acid groups (broad SMARTS) is 7. The number of urea groups is 1. The molecule has 0 saturated heterocycles. The number of carboxylic acids is 7. The molecule has 0 aromatic carbocycles. The number of imidazole rings is 2. The molecule has 1 aliphatic rings. The van der Waals surface area contributed by atoms with E-state index in [1.165, 1.54) is 33.9 Å². The van der Waals surface area contributed by atoms with Gasteiger partial charge in [-0.15, -0.1) is 0 Å². The number of carbonyl (C=O) groups excluding carboxylic acids is 4. The summed E-state index contributed by atoms with van der Waals surface area (Å²) in [6, 6.07) is -4.47. The molecule has 10 N–H and O–H groups in total. The van der Waals surface area contributed by atoms with Crippen LogP contribution in [0.3, 0.4) is 0 Å². The van der Waals surface area contributed by atoms with Gasteiger partial charge in [-0.05, 0) is 38.5 Å². The molecule has 0 bridgehead atoms. The molecular formula is C37H50N10O18. The van der Waals surface area contributed by atoms with Gasteiger partial charge in [0.1, 0.15) is 63.0 Å². The number of aromatic nitrogens is 4. The summed E-state index contributed by atoms with van der Waals surface area (Å²) in [5.74, 6) is -11.9. The van der Waals surface area contributed by atoms with E-state index in [2.05, 4.69) is 20.6 Å². The average molecular weight is 923 g/mol. The molecule has 28 heteroatoms. The highest BCUT2D eigenvalue weighted by atomic mass is 16.4. The molecule has 0 spiro atoms. The molecule has 0 unspecified atom stereocenters. The van der Waals surface area contributed by atoms with Crippen molar-refractivity contribution in [2.24, 2.45) is 5.92 Å².